The SMILES string of the molecule is O=C(O)C1CCc2nn(Cc3ccc(F)cc3)c(=O)cc2C1. The second-order valence-corrected chi connectivity index (χ2v) is 5.52. The molecule has 1 N–H and O–H groups in total. The number of aryl methyl sites for hydroxylation is 1. The summed E-state index contributed by atoms with van der Waals surface area (Å²) >= 11 is 0. The molecule has 1 aliphatic carbocycles. The van der Waals surface area contributed by atoms with E-state index >= 15 is 0 Å². The number of carbonyl (C=O) groups is 1. The smallest absolute Gasteiger partial charge is 0.306 e. The fraction of sp³-hybridized carbons (Fsp3) is 0.312. The van der Waals surface area contributed by atoms with E-state index in [9.17, 15) is 14.0 Å². The van der Waals surface area contributed by atoms with Gasteiger partial charge in [0.1, 0.15) is 5.82 Å². The number of aromatic nitrogens is 2. The lowest BCUT2D eigenvalue weighted by molar-refractivity contribution is -0.142. The molecule has 1 atom stereocenters. The van der Waals surface area contributed by atoms with Crippen LogP contribution in [-0.4, -0.2) is 20.9 Å². The maximum atomic E-state index is 12.9. The average Bonchev–Trinajstić information content (AvgIpc) is 2.49. The molecule has 0 amide bonds. The van der Waals surface area contributed by atoms with E-state index in [-0.39, 0.29) is 17.9 Å². The van der Waals surface area contributed by atoms with Gasteiger partial charge >= 0.3 is 5.97 Å². The molecular formula is C16H15FN2O3. The van der Waals surface area contributed by atoms with E-state index in [0.29, 0.717) is 19.3 Å². The molecule has 0 fully saturated rings. The van der Waals surface area contributed by atoms with Crippen molar-refractivity contribution in [3.63, 3.8) is 0 Å². The first kappa shape index (κ1) is 14.4. The summed E-state index contributed by atoms with van der Waals surface area (Å²) in [5.41, 5.74) is 2.02. The summed E-state index contributed by atoms with van der Waals surface area (Å²) in [7, 11) is 0. The minimum Gasteiger partial charge on any atom is -0.481 e. The Hall–Kier alpha value is -2.50. The number of carboxylic acid groups (broad SMARTS) is 1. The summed E-state index contributed by atoms with van der Waals surface area (Å²) in [5, 5.41) is 13.4. The molecule has 0 bridgehead atoms. The van der Waals surface area contributed by atoms with E-state index in [1.807, 2.05) is 0 Å². The zero-order valence-electron chi connectivity index (χ0n) is 11.8. The third-order valence-electron chi connectivity index (χ3n) is 3.95. The summed E-state index contributed by atoms with van der Waals surface area (Å²) in [6, 6.07) is 7.39. The summed E-state index contributed by atoms with van der Waals surface area (Å²) in [6.07, 6.45) is 1.43. The monoisotopic (exact) mass is 302 g/mol. The van der Waals surface area contributed by atoms with Gasteiger partial charge < -0.3 is 5.11 Å². The number of aliphatic carboxylic acids is 1. The van der Waals surface area contributed by atoms with Crippen LogP contribution in [0, 0.1) is 11.7 Å². The van der Waals surface area contributed by atoms with E-state index in [1.165, 1.54) is 22.9 Å². The van der Waals surface area contributed by atoms with Gasteiger partial charge in [0.15, 0.2) is 0 Å². The van der Waals surface area contributed by atoms with Crippen molar-refractivity contribution in [2.45, 2.75) is 25.8 Å². The van der Waals surface area contributed by atoms with Crippen molar-refractivity contribution in [1.82, 2.24) is 9.78 Å². The van der Waals surface area contributed by atoms with Gasteiger partial charge in [-0.3, -0.25) is 9.59 Å². The molecule has 1 aromatic carbocycles. The molecule has 1 heterocycles. The van der Waals surface area contributed by atoms with E-state index in [4.69, 9.17) is 5.11 Å². The molecule has 22 heavy (non-hydrogen) atoms. The van der Waals surface area contributed by atoms with Gasteiger partial charge in [-0.2, -0.15) is 5.10 Å². The number of benzene rings is 1. The number of hydrogen-bond donors (Lipinski definition) is 1. The molecular weight excluding hydrogens is 287 g/mol. The normalized spacial score (nSPS) is 17.0. The van der Waals surface area contributed by atoms with Gasteiger partial charge in [-0.1, -0.05) is 12.1 Å². The number of nitrogens with zero attached hydrogens (tertiary/aromatic N) is 2. The largest absolute Gasteiger partial charge is 0.481 e. The Morgan fingerprint density at radius 3 is 2.77 bits per heavy atom. The average molecular weight is 302 g/mol. The van der Waals surface area contributed by atoms with Crippen LogP contribution >= 0.6 is 0 Å². The van der Waals surface area contributed by atoms with Crippen LogP contribution in [0.5, 0.6) is 0 Å². The molecule has 5 nitrogen and oxygen atoms in total. The molecule has 1 aromatic heterocycles. The third-order valence-corrected chi connectivity index (χ3v) is 3.95. The molecule has 0 saturated heterocycles. The van der Waals surface area contributed by atoms with E-state index in [0.717, 1.165) is 16.8 Å². The van der Waals surface area contributed by atoms with Crippen LogP contribution < -0.4 is 5.56 Å². The molecule has 6 heteroatoms. The Bertz CT molecular complexity index is 768. The first-order valence-electron chi connectivity index (χ1n) is 7.10. The molecule has 1 unspecified atom stereocenters. The van der Waals surface area contributed by atoms with Gasteiger partial charge in [-0.25, -0.2) is 9.07 Å². The molecule has 3 rings (SSSR count). The fourth-order valence-corrected chi connectivity index (χ4v) is 2.72. The molecule has 0 aliphatic heterocycles. The Morgan fingerprint density at radius 2 is 2.09 bits per heavy atom. The van der Waals surface area contributed by atoms with Crippen molar-refractivity contribution in [2.75, 3.05) is 0 Å². The molecule has 114 valence electrons. The van der Waals surface area contributed by atoms with Crippen LogP contribution in [0.25, 0.3) is 0 Å². The van der Waals surface area contributed by atoms with E-state index in [2.05, 4.69) is 5.10 Å². The maximum absolute atomic E-state index is 12.9. The Morgan fingerprint density at radius 1 is 1.36 bits per heavy atom. The number of hydrogen-bond acceptors (Lipinski definition) is 3. The zero-order valence-corrected chi connectivity index (χ0v) is 11.8. The van der Waals surface area contributed by atoms with Gasteiger partial charge in [0.2, 0.25) is 0 Å². The standard InChI is InChI=1S/C16H15FN2O3/c17-13-4-1-10(2-5-13)9-19-15(20)8-12-7-11(16(21)22)3-6-14(12)18-19/h1-2,4-5,8,11H,3,6-7,9H2,(H,21,22). The predicted molar refractivity (Wildman–Crippen MR) is 77.1 cm³/mol. The second kappa shape index (κ2) is 5.71. The highest BCUT2D eigenvalue weighted by molar-refractivity contribution is 5.70. The van der Waals surface area contributed by atoms with Gasteiger partial charge in [-0.15, -0.1) is 0 Å². The first-order chi connectivity index (χ1) is 10.5. The minimum absolute atomic E-state index is 0.269. The topological polar surface area (TPSA) is 72.2 Å². The van der Waals surface area contributed by atoms with Crippen molar-refractivity contribution in [2.24, 2.45) is 5.92 Å². The Balaban J connectivity index is 1.87. The lowest BCUT2D eigenvalue weighted by Gasteiger charge is -2.21. The number of halogens is 1. The maximum Gasteiger partial charge on any atom is 0.306 e. The van der Waals surface area contributed by atoms with Gasteiger partial charge in [0, 0.05) is 6.07 Å². The van der Waals surface area contributed by atoms with Crippen LogP contribution in [0.2, 0.25) is 0 Å². The molecule has 1 aliphatic rings. The third kappa shape index (κ3) is 2.90. The van der Waals surface area contributed by atoms with Crippen LogP contribution in [0.3, 0.4) is 0 Å². The number of carboxylic acids is 1. The lowest BCUT2D eigenvalue weighted by Crippen LogP contribution is -2.30. The minimum atomic E-state index is -0.832. The summed E-state index contributed by atoms with van der Waals surface area (Å²) in [5.74, 6) is -1.60. The van der Waals surface area contributed by atoms with Crippen LogP contribution in [-0.2, 0) is 24.2 Å². The quantitative estimate of drug-likeness (QED) is 0.935. The van der Waals surface area contributed by atoms with Crippen molar-refractivity contribution < 1.29 is 14.3 Å². The van der Waals surface area contributed by atoms with E-state index < -0.39 is 11.9 Å². The van der Waals surface area contributed by atoms with Crippen molar-refractivity contribution >= 4 is 5.97 Å². The van der Waals surface area contributed by atoms with Crippen molar-refractivity contribution in [1.29, 1.82) is 0 Å². The zero-order chi connectivity index (χ0) is 15.7. The highest BCUT2D eigenvalue weighted by Gasteiger charge is 2.25. The van der Waals surface area contributed by atoms with Gasteiger partial charge in [0.25, 0.3) is 5.56 Å². The molecule has 0 saturated carbocycles. The fourth-order valence-electron chi connectivity index (χ4n) is 2.72. The predicted octanol–water partition coefficient (Wildman–Crippen LogP) is 1.62. The van der Waals surface area contributed by atoms with E-state index in [1.54, 1.807) is 12.1 Å². The summed E-state index contributed by atoms with van der Waals surface area (Å²) < 4.78 is 14.2. The number of fused-ring (bicyclic) bond motifs is 1. The van der Waals surface area contributed by atoms with Crippen molar-refractivity contribution in [3.05, 3.63) is 63.3 Å². The molecule has 0 spiro atoms. The van der Waals surface area contributed by atoms with Crippen LogP contribution in [0.1, 0.15) is 23.2 Å². The van der Waals surface area contributed by atoms with Crippen LogP contribution in [0.15, 0.2) is 35.1 Å². The Labute approximate surface area is 126 Å². The molecule has 0 radical (unpaired) electrons. The lowest BCUT2D eigenvalue weighted by atomic mass is 9.87. The Kier molecular flexibility index (Phi) is 3.75. The van der Waals surface area contributed by atoms with Crippen molar-refractivity contribution in [3.8, 4) is 0 Å². The van der Waals surface area contributed by atoms with Crippen LogP contribution in [0.4, 0.5) is 4.39 Å². The highest BCUT2D eigenvalue weighted by atomic mass is 19.1. The number of rotatable bonds is 3. The summed E-state index contributed by atoms with van der Waals surface area (Å²) in [6.45, 7) is 0.273. The summed E-state index contributed by atoms with van der Waals surface area (Å²) in [4.78, 5) is 23.2. The first-order valence-corrected chi connectivity index (χ1v) is 7.10. The molecule has 2 aromatic rings. The highest BCUT2D eigenvalue weighted by Crippen LogP contribution is 2.23. The second-order valence-electron chi connectivity index (χ2n) is 5.52. The van der Waals surface area contributed by atoms with Gasteiger partial charge in [0.05, 0.1) is 18.2 Å². The van der Waals surface area contributed by atoms with Gasteiger partial charge in [-0.05, 0) is 42.5 Å².